The van der Waals surface area contributed by atoms with E-state index in [1.807, 2.05) is 19.2 Å². The van der Waals surface area contributed by atoms with Gasteiger partial charge in [-0.1, -0.05) is 0 Å². The van der Waals surface area contributed by atoms with Gasteiger partial charge in [0.25, 0.3) is 0 Å². The van der Waals surface area contributed by atoms with Crippen LogP contribution in [0.25, 0.3) is 0 Å². The quantitative estimate of drug-likeness (QED) is 0.450. The first kappa shape index (κ1) is 20.4. The predicted octanol–water partition coefficient (Wildman–Crippen LogP) is 0.444. The topological polar surface area (TPSA) is 126 Å². The number of phenolic OH excluding ortho intramolecular Hbond substituents is 1. The average molecular weight is 361 g/mol. The second-order valence-corrected chi connectivity index (χ2v) is 6.20. The molecule has 2 rings (SSSR count). The van der Waals surface area contributed by atoms with Crippen LogP contribution < -0.4 is 4.74 Å². The zero-order valence-electron chi connectivity index (χ0n) is 13.7. The molecule has 1 saturated heterocycles. The Kier molecular flexibility index (Phi) is 8.17. The van der Waals surface area contributed by atoms with Gasteiger partial charge >= 0.3 is 7.82 Å². The van der Waals surface area contributed by atoms with Gasteiger partial charge in [0.1, 0.15) is 0 Å². The van der Waals surface area contributed by atoms with Crippen molar-refractivity contribution in [3.05, 3.63) is 23.8 Å². The van der Waals surface area contributed by atoms with E-state index in [1.54, 1.807) is 12.1 Å². The van der Waals surface area contributed by atoms with Crippen molar-refractivity contribution >= 4 is 14.0 Å². The maximum absolute atomic E-state index is 9.63. The van der Waals surface area contributed by atoms with E-state index in [2.05, 4.69) is 22.1 Å². The summed E-state index contributed by atoms with van der Waals surface area (Å²) >= 11 is 0. The fraction of sp³-hybridized carbons (Fsp3) is 0.500. The summed E-state index contributed by atoms with van der Waals surface area (Å²) in [6.45, 7) is 6.40. The van der Waals surface area contributed by atoms with Gasteiger partial charge in [0.2, 0.25) is 0 Å². The van der Waals surface area contributed by atoms with Crippen LogP contribution in [-0.4, -0.2) is 75.7 Å². The number of hydrogen-bond acceptors (Lipinski definition) is 6. The van der Waals surface area contributed by atoms with Crippen LogP contribution in [0.15, 0.2) is 23.3 Å². The molecule has 0 unspecified atom stereocenters. The molecule has 0 bridgehead atoms. The molecule has 0 saturated carbocycles. The lowest BCUT2D eigenvalue weighted by molar-refractivity contribution is 0.159. The van der Waals surface area contributed by atoms with Gasteiger partial charge in [-0.05, 0) is 37.7 Å². The first-order valence-electron chi connectivity index (χ1n) is 7.40. The zero-order chi connectivity index (χ0) is 18.2. The third-order valence-electron chi connectivity index (χ3n) is 3.13. The first-order valence-corrected chi connectivity index (χ1v) is 8.97. The summed E-state index contributed by atoms with van der Waals surface area (Å²) in [5, 5.41) is 16.2. The number of phenols is 1. The summed E-state index contributed by atoms with van der Waals surface area (Å²) in [5.41, 5.74) is 0.931. The summed E-state index contributed by atoms with van der Waals surface area (Å²) in [6, 6.07) is 5.27. The summed E-state index contributed by atoms with van der Waals surface area (Å²) in [7, 11) is -2.52. The molecule has 136 valence electrons. The number of likely N-dealkylation sites (N-methyl/N-ethyl adjacent to an activating group) is 1. The minimum Gasteiger partial charge on any atom is -0.504 e. The molecular formula is C14H24N3O6P. The summed E-state index contributed by atoms with van der Waals surface area (Å²) < 4.78 is 14.2. The van der Waals surface area contributed by atoms with Crippen molar-refractivity contribution in [1.82, 2.24) is 9.91 Å². The van der Waals surface area contributed by atoms with E-state index in [-0.39, 0.29) is 5.75 Å². The number of benzene rings is 1. The van der Waals surface area contributed by atoms with Crippen molar-refractivity contribution in [1.29, 1.82) is 0 Å². The number of nitrogens with zero attached hydrogens (tertiary/aromatic N) is 3. The van der Waals surface area contributed by atoms with Crippen molar-refractivity contribution in [2.45, 2.75) is 6.92 Å². The van der Waals surface area contributed by atoms with Crippen molar-refractivity contribution in [2.24, 2.45) is 5.10 Å². The van der Waals surface area contributed by atoms with Gasteiger partial charge in [-0.2, -0.15) is 5.10 Å². The summed E-state index contributed by atoms with van der Waals surface area (Å²) in [6.07, 6.45) is 1.81. The summed E-state index contributed by atoms with van der Waals surface area (Å²) in [5.74, 6) is 0.670. The molecule has 1 aromatic carbocycles. The standard InChI is InChI=1S/C14H21N3O2.H3O4P/c1-3-19-14-10-12(4-5-13(14)18)11-15-17-8-6-16(2)7-9-17;1-5(2,3)4/h4-5,10-11,18H,3,6-9H2,1-2H3;(H3,1,2,3,4). The Morgan fingerprint density at radius 3 is 2.38 bits per heavy atom. The molecule has 9 nitrogen and oxygen atoms in total. The van der Waals surface area contributed by atoms with Gasteiger partial charge in [0, 0.05) is 26.2 Å². The molecule has 1 aliphatic rings. The van der Waals surface area contributed by atoms with Crippen LogP contribution in [0.3, 0.4) is 0 Å². The Labute approximate surface area is 141 Å². The van der Waals surface area contributed by atoms with Crippen LogP contribution in [-0.2, 0) is 4.57 Å². The third kappa shape index (κ3) is 8.85. The highest BCUT2D eigenvalue weighted by atomic mass is 31.2. The van der Waals surface area contributed by atoms with E-state index < -0.39 is 7.82 Å². The lowest BCUT2D eigenvalue weighted by Crippen LogP contribution is -2.41. The van der Waals surface area contributed by atoms with Crippen LogP contribution in [0.2, 0.25) is 0 Å². The molecular weight excluding hydrogens is 337 g/mol. The second-order valence-electron chi connectivity index (χ2n) is 5.17. The van der Waals surface area contributed by atoms with Crippen molar-refractivity contribution < 1.29 is 29.1 Å². The van der Waals surface area contributed by atoms with Gasteiger partial charge in [-0.3, -0.25) is 5.01 Å². The molecule has 1 aliphatic heterocycles. The number of piperazine rings is 1. The van der Waals surface area contributed by atoms with Gasteiger partial charge < -0.3 is 29.4 Å². The maximum Gasteiger partial charge on any atom is 0.466 e. The predicted molar refractivity (Wildman–Crippen MR) is 90.2 cm³/mol. The highest BCUT2D eigenvalue weighted by Gasteiger charge is 2.11. The fourth-order valence-corrected chi connectivity index (χ4v) is 1.94. The van der Waals surface area contributed by atoms with E-state index in [4.69, 9.17) is 24.0 Å². The fourth-order valence-electron chi connectivity index (χ4n) is 1.94. The highest BCUT2D eigenvalue weighted by molar-refractivity contribution is 7.45. The molecule has 0 aromatic heterocycles. The summed E-state index contributed by atoms with van der Waals surface area (Å²) in [4.78, 5) is 23.9. The normalized spacial score (nSPS) is 16.0. The van der Waals surface area contributed by atoms with Gasteiger partial charge in [0.05, 0.1) is 12.8 Å². The van der Waals surface area contributed by atoms with E-state index in [0.717, 1.165) is 31.7 Å². The number of hydrazone groups is 1. The molecule has 24 heavy (non-hydrogen) atoms. The first-order chi connectivity index (χ1) is 11.2. The maximum atomic E-state index is 9.63. The van der Waals surface area contributed by atoms with Crippen LogP contribution in [0, 0.1) is 0 Å². The van der Waals surface area contributed by atoms with Crippen LogP contribution in [0.1, 0.15) is 12.5 Å². The van der Waals surface area contributed by atoms with Crippen molar-refractivity contribution in [3.8, 4) is 11.5 Å². The van der Waals surface area contributed by atoms with E-state index >= 15 is 0 Å². The lowest BCUT2D eigenvalue weighted by Gasteiger charge is -2.30. The Morgan fingerprint density at radius 1 is 1.25 bits per heavy atom. The lowest BCUT2D eigenvalue weighted by atomic mass is 10.2. The van der Waals surface area contributed by atoms with Gasteiger partial charge in [0.15, 0.2) is 11.5 Å². The molecule has 0 radical (unpaired) electrons. The SMILES string of the molecule is CCOc1cc(C=NN2CCN(C)CC2)ccc1O.O=P(O)(O)O. The average Bonchev–Trinajstić information content (AvgIpc) is 2.48. The Balaban J connectivity index is 0.000000505. The molecule has 10 heteroatoms. The molecule has 0 amide bonds. The van der Waals surface area contributed by atoms with Gasteiger partial charge in [-0.15, -0.1) is 0 Å². The minimum absolute atomic E-state index is 0.165. The molecule has 0 aliphatic carbocycles. The molecule has 4 N–H and O–H groups in total. The third-order valence-corrected chi connectivity index (χ3v) is 3.13. The number of rotatable bonds is 4. The molecule has 1 aromatic rings. The van der Waals surface area contributed by atoms with Crippen LogP contribution in [0.4, 0.5) is 0 Å². The minimum atomic E-state index is -4.64. The van der Waals surface area contributed by atoms with Crippen LogP contribution >= 0.6 is 7.82 Å². The van der Waals surface area contributed by atoms with Crippen LogP contribution in [0.5, 0.6) is 11.5 Å². The number of phosphoric acid groups is 1. The Hall–Kier alpha value is -1.64. The largest absolute Gasteiger partial charge is 0.504 e. The Morgan fingerprint density at radius 2 is 1.83 bits per heavy atom. The molecule has 1 heterocycles. The second kappa shape index (κ2) is 9.61. The molecule has 1 fully saturated rings. The van der Waals surface area contributed by atoms with Gasteiger partial charge in [-0.25, -0.2) is 4.57 Å². The van der Waals surface area contributed by atoms with E-state index in [1.165, 1.54) is 0 Å². The molecule has 0 atom stereocenters. The smallest absolute Gasteiger partial charge is 0.466 e. The zero-order valence-corrected chi connectivity index (χ0v) is 14.6. The highest BCUT2D eigenvalue weighted by Crippen LogP contribution is 2.26. The van der Waals surface area contributed by atoms with Crippen molar-refractivity contribution in [2.75, 3.05) is 39.8 Å². The number of hydrogen-bond donors (Lipinski definition) is 4. The number of aromatic hydroxyl groups is 1. The van der Waals surface area contributed by atoms with E-state index in [0.29, 0.717) is 12.4 Å². The van der Waals surface area contributed by atoms with Crippen molar-refractivity contribution in [3.63, 3.8) is 0 Å². The monoisotopic (exact) mass is 361 g/mol. The number of ether oxygens (including phenoxy) is 1. The Bertz CT molecular complexity index is 576. The molecule has 0 spiro atoms. The van der Waals surface area contributed by atoms with E-state index in [9.17, 15) is 5.11 Å².